The molecule has 1 nitrogen and oxygen atoms in total. The molecule has 2 aromatic rings. The molecular formula is C18H22FNS. The van der Waals surface area contributed by atoms with Crippen molar-refractivity contribution in [2.24, 2.45) is 0 Å². The topological polar surface area (TPSA) is 12.0 Å². The van der Waals surface area contributed by atoms with E-state index in [0.717, 1.165) is 17.7 Å². The lowest BCUT2D eigenvalue weighted by Gasteiger charge is -2.19. The molecule has 3 rings (SSSR count). The first-order chi connectivity index (χ1) is 10.2. The van der Waals surface area contributed by atoms with E-state index in [-0.39, 0.29) is 11.9 Å². The van der Waals surface area contributed by atoms with E-state index < -0.39 is 0 Å². The summed E-state index contributed by atoms with van der Waals surface area (Å²) in [6.45, 7) is 5.05. The van der Waals surface area contributed by atoms with Gasteiger partial charge in [0.05, 0.1) is 6.04 Å². The highest BCUT2D eigenvalue weighted by molar-refractivity contribution is 7.12. The van der Waals surface area contributed by atoms with Crippen LogP contribution >= 0.6 is 11.3 Å². The smallest absolute Gasteiger partial charge is 0.123 e. The van der Waals surface area contributed by atoms with Gasteiger partial charge in [0.1, 0.15) is 5.82 Å². The highest BCUT2D eigenvalue weighted by Gasteiger charge is 2.21. The van der Waals surface area contributed by atoms with E-state index in [0.29, 0.717) is 0 Å². The number of halogens is 1. The van der Waals surface area contributed by atoms with E-state index in [9.17, 15) is 4.39 Å². The Morgan fingerprint density at radius 3 is 2.81 bits per heavy atom. The zero-order valence-electron chi connectivity index (χ0n) is 12.7. The number of thiophene rings is 1. The standard InChI is InChI=1S/C18H22FNS/c1-3-20-18(15-11-14(19)9-8-12(15)2)17-10-13-6-4-5-7-16(13)21-17/h8-11,18,20H,3-7H2,1-2H3. The quantitative estimate of drug-likeness (QED) is 0.857. The summed E-state index contributed by atoms with van der Waals surface area (Å²) in [4.78, 5) is 2.87. The van der Waals surface area contributed by atoms with Gasteiger partial charge in [-0.05, 0) is 74.0 Å². The fraction of sp³-hybridized carbons (Fsp3) is 0.444. The summed E-state index contributed by atoms with van der Waals surface area (Å²) < 4.78 is 13.7. The average molecular weight is 303 g/mol. The second-order valence-electron chi connectivity index (χ2n) is 5.80. The molecular weight excluding hydrogens is 281 g/mol. The van der Waals surface area contributed by atoms with Crippen molar-refractivity contribution in [3.05, 3.63) is 56.5 Å². The van der Waals surface area contributed by atoms with Gasteiger partial charge < -0.3 is 5.32 Å². The van der Waals surface area contributed by atoms with Crippen molar-refractivity contribution < 1.29 is 4.39 Å². The Morgan fingerprint density at radius 1 is 1.24 bits per heavy atom. The summed E-state index contributed by atoms with van der Waals surface area (Å²) in [5, 5.41) is 3.54. The first-order valence-corrected chi connectivity index (χ1v) is 8.61. The minimum absolute atomic E-state index is 0.112. The largest absolute Gasteiger partial charge is 0.306 e. The van der Waals surface area contributed by atoms with Crippen LogP contribution in [0.3, 0.4) is 0 Å². The molecule has 1 aliphatic rings. The Balaban J connectivity index is 2.01. The maximum absolute atomic E-state index is 13.7. The maximum atomic E-state index is 13.7. The zero-order valence-corrected chi connectivity index (χ0v) is 13.5. The van der Waals surface area contributed by atoms with E-state index in [2.05, 4.69) is 25.2 Å². The molecule has 0 saturated heterocycles. The Kier molecular flexibility index (Phi) is 4.41. The predicted molar refractivity (Wildman–Crippen MR) is 87.6 cm³/mol. The minimum atomic E-state index is -0.153. The van der Waals surface area contributed by atoms with Crippen molar-refractivity contribution in [3.63, 3.8) is 0 Å². The van der Waals surface area contributed by atoms with Crippen LogP contribution in [0.15, 0.2) is 24.3 Å². The summed E-state index contributed by atoms with van der Waals surface area (Å²) >= 11 is 1.91. The average Bonchev–Trinajstić information content (AvgIpc) is 2.91. The van der Waals surface area contributed by atoms with Crippen molar-refractivity contribution >= 4 is 11.3 Å². The summed E-state index contributed by atoms with van der Waals surface area (Å²) in [7, 11) is 0. The molecule has 0 saturated carbocycles. The van der Waals surface area contributed by atoms with Gasteiger partial charge in [0.2, 0.25) is 0 Å². The van der Waals surface area contributed by atoms with Crippen LogP contribution in [0.1, 0.15) is 52.3 Å². The maximum Gasteiger partial charge on any atom is 0.123 e. The molecule has 0 bridgehead atoms. The van der Waals surface area contributed by atoms with Crippen LogP contribution in [-0.4, -0.2) is 6.54 Å². The number of aryl methyl sites for hydroxylation is 3. The van der Waals surface area contributed by atoms with Crippen LogP contribution < -0.4 is 5.32 Å². The summed E-state index contributed by atoms with van der Waals surface area (Å²) in [6.07, 6.45) is 5.01. The van der Waals surface area contributed by atoms with Crippen molar-refractivity contribution in [2.75, 3.05) is 6.54 Å². The van der Waals surface area contributed by atoms with E-state index in [1.165, 1.54) is 41.0 Å². The fourth-order valence-corrected chi connectivity index (χ4v) is 4.50. The van der Waals surface area contributed by atoms with Crippen LogP contribution in [0.4, 0.5) is 4.39 Å². The van der Waals surface area contributed by atoms with Gasteiger partial charge in [-0.25, -0.2) is 4.39 Å². The Labute approximate surface area is 130 Å². The Hall–Kier alpha value is -1.19. The molecule has 1 N–H and O–H groups in total. The van der Waals surface area contributed by atoms with Crippen LogP contribution in [0, 0.1) is 12.7 Å². The molecule has 0 spiro atoms. The highest BCUT2D eigenvalue weighted by Crippen LogP contribution is 2.36. The van der Waals surface area contributed by atoms with Gasteiger partial charge in [0.15, 0.2) is 0 Å². The first-order valence-electron chi connectivity index (χ1n) is 7.80. The Bertz CT molecular complexity index is 609. The first kappa shape index (κ1) is 14.7. The SMILES string of the molecule is CCNC(c1cc2c(s1)CCCC2)c1cc(F)ccc1C. The molecule has 0 fully saturated rings. The van der Waals surface area contributed by atoms with Crippen LogP contribution in [0.2, 0.25) is 0 Å². The Morgan fingerprint density at radius 2 is 2.05 bits per heavy atom. The number of fused-ring (bicyclic) bond motifs is 1. The van der Waals surface area contributed by atoms with E-state index in [1.807, 2.05) is 17.4 Å². The number of hydrogen-bond acceptors (Lipinski definition) is 2. The molecule has 1 aromatic heterocycles. The molecule has 1 atom stereocenters. The molecule has 0 radical (unpaired) electrons. The number of rotatable bonds is 4. The zero-order chi connectivity index (χ0) is 14.8. The predicted octanol–water partition coefficient (Wildman–Crippen LogP) is 4.77. The highest BCUT2D eigenvalue weighted by atomic mass is 32.1. The van der Waals surface area contributed by atoms with Gasteiger partial charge in [0, 0.05) is 9.75 Å². The van der Waals surface area contributed by atoms with Crippen molar-refractivity contribution in [1.82, 2.24) is 5.32 Å². The van der Waals surface area contributed by atoms with Gasteiger partial charge in [-0.2, -0.15) is 0 Å². The van der Waals surface area contributed by atoms with E-state index in [4.69, 9.17) is 0 Å². The van der Waals surface area contributed by atoms with E-state index in [1.54, 1.807) is 12.1 Å². The number of nitrogens with one attached hydrogen (secondary N) is 1. The van der Waals surface area contributed by atoms with Gasteiger partial charge in [0.25, 0.3) is 0 Å². The fourth-order valence-electron chi connectivity index (χ4n) is 3.15. The van der Waals surface area contributed by atoms with Crippen molar-refractivity contribution in [1.29, 1.82) is 0 Å². The second-order valence-corrected chi connectivity index (χ2v) is 6.96. The molecule has 0 aliphatic heterocycles. The van der Waals surface area contributed by atoms with Crippen LogP contribution in [0.5, 0.6) is 0 Å². The van der Waals surface area contributed by atoms with Gasteiger partial charge >= 0.3 is 0 Å². The van der Waals surface area contributed by atoms with Crippen molar-refractivity contribution in [3.8, 4) is 0 Å². The van der Waals surface area contributed by atoms with E-state index >= 15 is 0 Å². The third-order valence-electron chi connectivity index (χ3n) is 4.26. The van der Waals surface area contributed by atoms with Crippen LogP contribution in [0.25, 0.3) is 0 Å². The molecule has 1 unspecified atom stereocenters. The van der Waals surface area contributed by atoms with Gasteiger partial charge in [-0.3, -0.25) is 0 Å². The second kappa shape index (κ2) is 6.29. The molecule has 1 aliphatic carbocycles. The molecule has 21 heavy (non-hydrogen) atoms. The third-order valence-corrected chi connectivity index (χ3v) is 5.56. The summed E-state index contributed by atoms with van der Waals surface area (Å²) in [6, 6.07) is 7.56. The van der Waals surface area contributed by atoms with Gasteiger partial charge in [-0.1, -0.05) is 13.0 Å². The third kappa shape index (κ3) is 3.04. The number of hydrogen-bond donors (Lipinski definition) is 1. The van der Waals surface area contributed by atoms with Crippen molar-refractivity contribution in [2.45, 2.75) is 45.6 Å². The lowest BCUT2D eigenvalue weighted by molar-refractivity contribution is 0.604. The molecule has 1 aromatic carbocycles. The lowest BCUT2D eigenvalue weighted by atomic mass is 9.96. The molecule has 1 heterocycles. The molecule has 112 valence electrons. The molecule has 0 amide bonds. The summed E-state index contributed by atoms with van der Waals surface area (Å²) in [5.74, 6) is -0.153. The monoisotopic (exact) mass is 303 g/mol. The number of benzene rings is 1. The summed E-state index contributed by atoms with van der Waals surface area (Å²) in [5.41, 5.74) is 3.72. The van der Waals surface area contributed by atoms with Crippen LogP contribution in [-0.2, 0) is 12.8 Å². The normalized spacial score (nSPS) is 15.8. The lowest BCUT2D eigenvalue weighted by Crippen LogP contribution is -2.22. The molecule has 3 heteroatoms. The minimum Gasteiger partial charge on any atom is -0.306 e. The van der Waals surface area contributed by atoms with Gasteiger partial charge in [-0.15, -0.1) is 11.3 Å².